The third kappa shape index (κ3) is 3.31. The van der Waals surface area contributed by atoms with Gasteiger partial charge in [-0.2, -0.15) is 0 Å². The predicted molar refractivity (Wildman–Crippen MR) is 70.9 cm³/mol. The molecule has 0 N–H and O–H groups in total. The van der Waals surface area contributed by atoms with Gasteiger partial charge < -0.3 is 0 Å². The minimum atomic E-state index is -0.984. The maximum atomic E-state index is 13.0. The number of Topliss-reactive ketones (excluding diaryl/α,β-unsaturated/α-hetero) is 1. The Hall–Kier alpha value is -1.45. The summed E-state index contributed by atoms with van der Waals surface area (Å²) < 4.78 is 25.8. The number of ketones is 1. The number of hydrogen-bond acceptors (Lipinski definition) is 1. The molecule has 0 aliphatic rings. The molecule has 0 saturated carbocycles. The number of benzene rings is 2. The average Bonchev–Trinajstić information content (AvgIpc) is 2.36. The Balaban J connectivity index is 2.25. The highest BCUT2D eigenvalue weighted by Gasteiger charge is 2.13. The van der Waals surface area contributed by atoms with E-state index in [2.05, 4.69) is 0 Å². The summed E-state index contributed by atoms with van der Waals surface area (Å²) in [5.41, 5.74) is 0.638. The molecule has 0 radical (unpaired) electrons. The summed E-state index contributed by atoms with van der Waals surface area (Å²) >= 11 is 11.7. The first-order valence-electron chi connectivity index (χ1n) is 5.39. The van der Waals surface area contributed by atoms with E-state index in [-0.39, 0.29) is 22.8 Å². The van der Waals surface area contributed by atoms with Crippen LogP contribution >= 0.6 is 23.2 Å². The van der Waals surface area contributed by atoms with E-state index in [0.29, 0.717) is 10.6 Å². The van der Waals surface area contributed by atoms with Crippen LogP contribution in [0.1, 0.15) is 15.9 Å². The van der Waals surface area contributed by atoms with Crippen molar-refractivity contribution in [3.63, 3.8) is 0 Å². The summed E-state index contributed by atoms with van der Waals surface area (Å²) in [6.45, 7) is 0. The number of halogens is 4. The molecule has 5 heteroatoms. The van der Waals surface area contributed by atoms with E-state index in [1.807, 2.05) is 0 Å². The van der Waals surface area contributed by atoms with Crippen molar-refractivity contribution in [3.8, 4) is 0 Å². The van der Waals surface area contributed by atoms with Crippen LogP contribution in [-0.4, -0.2) is 5.78 Å². The zero-order valence-corrected chi connectivity index (χ0v) is 11.1. The Morgan fingerprint density at radius 2 is 1.74 bits per heavy atom. The smallest absolute Gasteiger partial charge is 0.168 e. The summed E-state index contributed by atoms with van der Waals surface area (Å²) in [7, 11) is 0. The molecule has 0 aliphatic carbocycles. The fraction of sp³-hybridized carbons (Fsp3) is 0.0714. The Bertz CT molecular complexity index is 641. The minimum Gasteiger partial charge on any atom is -0.294 e. The van der Waals surface area contributed by atoms with E-state index in [1.165, 1.54) is 18.2 Å². The third-order valence-corrected chi connectivity index (χ3v) is 3.14. The van der Waals surface area contributed by atoms with E-state index in [0.717, 1.165) is 12.1 Å². The second-order valence-electron chi connectivity index (χ2n) is 3.97. The lowest BCUT2D eigenvalue weighted by molar-refractivity contribution is 0.0993. The molecule has 0 atom stereocenters. The van der Waals surface area contributed by atoms with Gasteiger partial charge in [0, 0.05) is 17.0 Å². The highest BCUT2D eigenvalue weighted by Crippen LogP contribution is 2.22. The maximum Gasteiger partial charge on any atom is 0.168 e. The van der Waals surface area contributed by atoms with E-state index in [1.54, 1.807) is 6.07 Å². The minimum absolute atomic E-state index is 0.0722. The lowest BCUT2D eigenvalue weighted by atomic mass is 10.0. The van der Waals surface area contributed by atoms with Crippen LogP contribution in [0.3, 0.4) is 0 Å². The second-order valence-corrected chi connectivity index (χ2v) is 4.82. The quantitative estimate of drug-likeness (QED) is 0.751. The molecule has 0 amide bonds. The van der Waals surface area contributed by atoms with Gasteiger partial charge in [0.25, 0.3) is 0 Å². The molecule has 2 rings (SSSR count). The standard InChI is InChI=1S/C14H8Cl2F2O/c15-9-2-3-11(16)10(7-9)14(19)6-8-1-4-12(17)13(18)5-8/h1-5,7H,6H2. The molecular weight excluding hydrogens is 293 g/mol. The highest BCUT2D eigenvalue weighted by atomic mass is 35.5. The zero-order chi connectivity index (χ0) is 14.0. The van der Waals surface area contributed by atoms with Crippen molar-refractivity contribution >= 4 is 29.0 Å². The number of carbonyl (C=O) groups excluding carboxylic acids is 1. The van der Waals surface area contributed by atoms with Gasteiger partial charge in [0.15, 0.2) is 17.4 Å². The molecular formula is C14H8Cl2F2O. The molecule has 0 aliphatic heterocycles. The first-order chi connectivity index (χ1) is 8.97. The molecule has 2 aromatic rings. The maximum absolute atomic E-state index is 13.0. The van der Waals surface area contributed by atoms with Crippen molar-refractivity contribution in [2.75, 3.05) is 0 Å². The van der Waals surface area contributed by atoms with Crippen LogP contribution in [-0.2, 0) is 6.42 Å². The number of carbonyl (C=O) groups is 1. The fourth-order valence-electron chi connectivity index (χ4n) is 1.64. The highest BCUT2D eigenvalue weighted by molar-refractivity contribution is 6.35. The second kappa shape index (κ2) is 5.68. The largest absolute Gasteiger partial charge is 0.294 e. The molecule has 98 valence electrons. The van der Waals surface area contributed by atoms with Crippen LogP contribution in [0.4, 0.5) is 8.78 Å². The van der Waals surface area contributed by atoms with Crippen molar-refractivity contribution < 1.29 is 13.6 Å². The monoisotopic (exact) mass is 300 g/mol. The topological polar surface area (TPSA) is 17.1 Å². The SMILES string of the molecule is O=C(Cc1ccc(F)c(F)c1)c1cc(Cl)ccc1Cl. The zero-order valence-electron chi connectivity index (χ0n) is 9.59. The molecule has 0 aromatic heterocycles. The molecule has 0 heterocycles. The van der Waals surface area contributed by atoms with Crippen LogP contribution in [0.15, 0.2) is 36.4 Å². The third-order valence-electron chi connectivity index (χ3n) is 2.58. The molecule has 0 unspecified atom stereocenters. The normalized spacial score (nSPS) is 10.5. The van der Waals surface area contributed by atoms with Gasteiger partial charge in [0.2, 0.25) is 0 Å². The van der Waals surface area contributed by atoms with Crippen LogP contribution in [0, 0.1) is 11.6 Å². The van der Waals surface area contributed by atoms with E-state index in [4.69, 9.17) is 23.2 Å². The van der Waals surface area contributed by atoms with Gasteiger partial charge in [-0.15, -0.1) is 0 Å². The van der Waals surface area contributed by atoms with Crippen LogP contribution in [0.25, 0.3) is 0 Å². The van der Waals surface area contributed by atoms with Gasteiger partial charge in [0.1, 0.15) is 0 Å². The molecule has 0 bridgehead atoms. The number of rotatable bonds is 3. The lowest BCUT2D eigenvalue weighted by Crippen LogP contribution is -2.05. The van der Waals surface area contributed by atoms with Gasteiger partial charge in [-0.05, 0) is 35.9 Å². The summed E-state index contributed by atoms with van der Waals surface area (Å²) in [5, 5.41) is 0.662. The summed E-state index contributed by atoms with van der Waals surface area (Å²) in [6.07, 6.45) is -0.0722. The van der Waals surface area contributed by atoms with Gasteiger partial charge >= 0.3 is 0 Å². The van der Waals surface area contributed by atoms with Crippen LogP contribution < -0.4 is 0 Å². The first-order valence-corrected chi connectivity index (χ1v) is 6.15. The molecule has 19 heavy (non-hydrogen) atoms. The van der Waals surface area contributed by atoms with Gasteiger partial charge in [-0.1, -0.05) is 29.3 Å². The predicted octanol–water partition coefficient (Wildman–Crippen LogP) is 4.70. The van der Waals surface area contributed by atoms with Crippen molar-refractivity contribution in [2.45, 2.75) is 6.42 Å². The van der Waals surface area contributed by atoms with Crippen LogP contribution in [0.2, 0.25) is 10.0 Å². The molecule has 0 spiro atoms. The lowest BCUT2D eigenvalue weighted by Gasteiger charge is -2.05. The molecule has 0 saturated heterocycles. The summed E-state index contributed by atoms with van der Waals surface area (Å²) in [5.74, 6) is -2.24. The van der Waals surface area contributed by atoms with Crippen molar-refractivity contribution in [2.24, 2.45) is 0 Å². The van der Waals surface area contributed by atoms with Gasteiger partial charge in [0.05, 0.1) is 5.02 Å². The molecule has 0 fully saturated rings. The summed E-state index contributed by atoms with van der Waals surface area (Å²) in [4.78, 5) is 12.0. The Morgan fingerprint density at radius 3 is 2.42 bits per heavy atom. The van der Waals surface area contributed by atoms with E-state index < -0.39 is 11.6 Å². The first kappa shape index (κ1) is 14.0. The summed E-state index contributed by atoms with van der Waals surface area (Å²) in [6, 6.07) is 7.87. The van der Waals surface area contributed by atoms with E-state index >= 15 is 0 Å². The fourth-order valence-corrected chi connectivity index (χ4v) is 2.04. The Morgan fingerprint density at radius 1 is 1.00 bits per heavy atom. The number of hydrogen-bond donors (Lipinski definition) is 0. The molecule has 1 nitrogen and oxygen atoms in total. The van der Waals surface area contributed by atoms with Crippen molar-refractivity contribution in [1.29, 1.82) is 0 Å². The Kier molecular flexibility index (Phi) is 4.17. The van der Waals surface area contributed by atoms with Crippen LogP contribution in [0.5, 0.6) is 0 Å². The molecule has 2 aromatic carbocycles. The van der Waals surface area contributed by atoms with Crippen molar-refractivity contribution in [1.82, 2.24) is 0 Å². The van der Waals surface area contributed by atoms with Gasteiger partial charge in [-0.3, -0.25) is 4.79 Å². The Labute approximate surface area is 118 Å². The van der Waals surface area contributed by atoms with E-state index in [9.17, 15) is 13.6 Å². The van der Waals surface area contributed by atoms with Crippen molar-refractivity contribution in [3.05, 3.63) is 69.2 Å². The average molecular weight is 301 g/mol. The van der Waals surface area contributed by atoms with Gasteiger partial charge in [-0.25, -0.2) is 8.78 Å².